The van der Waals surface area contributed by atoms with E-state index in [9.17, 15) is 9.59 Å². The summed E-state index contributed by atoms with van der Waals surface area (Å²) < 4.78 is 0. The van der Waals surface area contributed by atoms with Crippen LogP contribution < -0.4 is 21.7 Å². The van der Waals surface area contributed by atoms with Crippen LogP contribution in [0.1, 0.15) is 29.9 Å². The van der Waals surface area contributed by atoms with Gasteiger partial charge in [0.05, 0.1) is 0 Å². The summed E-state index contributed by atoms with van der Waals surface area (Å²) in [7, 11) is 1.51. The van der Waals surface area contributed by atoms with Crippen molar-refractivity contribution in [3.8, 4) is 0 Å². The summed E-state index contributed by atoms with van der Waals surface area (Å²) in [5.41, 5.74) is 5.70. The molecule has 0 spiro atoms. The van der Waals surface area contributed by atoms with Crippen molar-refractivity contribution < 1.29 is 9.59 Å². The van der Waals surface area contributed by atoms with Crippen LogP contribution in [-0.4, -0.2) is 36.4 Å². The molecule has 0 aromatic carbocycles. The Balaban J connectivity index is 2.71. The van der Waals surface area contributed by atoms with E-state index in [2.05, 4.69) is 20.9 Å². The second kappa shape index (κ2) is 6.93. The lowest BCUT2D eigenvalue weighted by atomic mass is 10.3. The zero-order chi connectivity index (χ0) is 14.4. The van der Waals surface area contributed by atoms with Crippen LogP contribution in [0.4, 0.5) is 10.9 Å². The van der Waals surface area contributed by atoms with E-state index in [-0.39, 0.29) is 11.7 Å². The molecule has 1 unspecified atom stereocenters. The summed E-state index contributed by atoms with van der Waals surface area (Å²) in [6.07, 6.45) is 0.953. The van der Waals surface area contributed by atoms with Crippen LogP contribution in [0.25, 0.3) is 0 Å². The smallest absolute Gasteiger partial charge is 0.265 e. The molecule has 5 N–H and O–H groups in total. The number of nitrogens with two attached hydrogens (primary N) is 1. The number of amides is 2. The van der Waals surface area contributed by atoms with Crippen molar-refractivity contribution in [3.63, 3.8) is 0 Å². The lowest BCUT2D eigenvalue weighted by Gasteiger charge is -2.11. The van der Waals surface area contributed by atoms with Gasteiger partial charge in [-0.1, -0.05) is 18.3 Å². The lowest BCUT2D eigenvalue weighted by Crippen LogP contribution is -2.43. The molecule has 0 radical (unpaired) electrons. The summed E-state index contributed by atoms with van der Waals surface area (Å²) >= 11 is 1.18. The van der Waals surface area contributed by atoms with Crippen LogP contribution in [0.2, 0.25) is 0 Å². The number of carbonyl (C=O) groups excluding carboxylic acids is 2. The number of nitrogens with one attached hydrogen (secondary N) is 3. The number of aromatic nitrogens is 1. The summed E-state index contributed by atoms with van der Waals surface area (Å²) in [5, 5.41) is 8.70. The Bertz CT molecular complexity index is 460. The van der Waals surface area contributed by atoms with Crippen molar-refractivity contribution in [2.75, 3.05) is 24.6 Å². The third-order valence-electron chi connectivity index (χ3n) is 2.37. The standard InChI is InChI=1S/C11H19N5O2S/c1-4-5-14-11-16-8(12)7(19-11)10(18)15-6(2)9(17)13-3/h6H,4-5,12H2,1-3H3,(H,13,17)(H,14,16)(H,15,18). The number of hydrogen-bond acceptors (Lipinski definition) is 6. The minimum absolute atomic E-state index is 0.171. The summed E-state index contributed by atoms with van der Waals surface area (Å²) in [4.78, 5) is 27.7. The third-order valence-corrected chi connectivity index (χ3v) is 3.40. The van der Waals surface area contributed by atoms with Crippen LogP contribution in [0.3, 0.4) is 0 Å². The van der Waals surface area contributed by atoms with E-state index in [4.69, 9.17) is 5.73 Å². The molecule has 1 atom stereocenters. The van der Waals surface area contributed by atoms with Crippen molar-refractivity contribution in [1.82, 2.24) is 15.6 Å². The van der Waals surface area contributed by atoms with Crippen molar-refractivity contribution >= 4 is 34.1 Å². The Morgan fingerprint density at radius 1 is 1.47 bits per heavy atom. The molecule has 0 aliphatic rings. The Morgan fingerprint density at radius 3 is 2.74 bits per heavy atom. The van der Waals surface area contributed by atoms with Crippen molar-refractivity contribution in [3.05, 3.63) is 4.88 Å². The van der Waals surface area contributed by atoms with Gasteiger partial charge < -0.3 is 21.7 Å². The molecule has 1 heterocycles. The lowest BCUT2D eigenvalue weighted by molar-refractivity contribution is -0.122. The first-order chi connectivity index (χ1) is 8.99. The molecule has 2 amide bonds. The number of nitrogen functional groups attached to an aromatic ring is 1. The SMILES string of the molecule is CCCNc1nc(N)c(C(=O)NC(C)C(=O)NC)s1. The van der Waals surface area contributed by atoms with Crippen molar-refractivity contribution in [2.24, 2.45) is 0 Å². The van der Waals surface area contributed by atoms with Gasteiger partial charge in [0.25, 0.3) is 5.91 Å². The molecule has 7 nitrogen and oxygen atoms in total. The predicted octanol–water partition coefficient (Wildman–Crippen LogP) is 0.412. The molecule has 8 heteroatoms. The monoisotopic (exact) mass is 285 g/mol. The second-order valence-electron chi connectivity index (χ2n) is 3.97. The highest BCUT2D eigenvalue weighted by molar-refractivity contribution is 7.18. The number of hydrogen-bond donors (Lipinski definition) is 4. The van der Waals surface area contributed by atoms with Gasteiger partial charge >= 0.3 is 0 Å². The first-order valence-corrected chi connectivity index (χ1v) is 6.83. The van der Waals surface area contributed by atoms with Gasteiger partial charge in [0.1, 0.15) is 16.7 Å². The highest BCUT2D eigenvalue weighted by Crippen LogP contribution is 2.24. The Morgan fingerprint density at radius 2 is 2.16 bits per heavy atom. The average Bonchev–Trinajstić information content (AvgIpc) is 2.76. The maximum Gasteiger partial charge on any atom is 0.265 e. The molecule has 0 aliphatic carbocycles. The van der Waals surface area contributed by atoms with Gasteiger partial charge in [0.15, 0.2) is 5.13 Å². The van der Waals surface area contributed by atoms with Crippen LogP contribution in [0.15, 0.2) is 0 Å². The van der Waals surface area contributed by atoms with Crippen LogP contribution in [0, 0.1) is 0 Å². The molecule has 1 aromatic rings. The zero-order valence-electron chi connectivity index (χ0n) is 11.2. The maximum atomic E-state index is 12.0. The molecule has 1 rings (SSSR count). The highest BCUT2D eigenvalue weighted by atomic mass is 32.1. The fraction of sp³-hybridized carbons (Fsp3) is 0.545. The first-order valence-electron chi connectivity index (χ1n) is 6.02. The summed E-state index contributed by atoms with van der Waals surface area (Å²) in [6, 6.07) is -0.619. The van der Waals surface area contributed by atoms with E-state index in [1.54, 1.807) is 6.92 Å². The molecule has 106 valence electrons. The number of rotatable bonds is 6. The second-order valence-corrected chi connectivity index (χ2v) is 4.97. The van der Waals surface area contributed by atoms with E-state index in [0.717, 1.165) is 13.0 Å². The zero-order valence-corrected chi connectivity index (χ0v) is 12.1. The minimum atomic E-state index is -0.619. The van der Waals surface area contributed by atoms with Crippen molar-refractivity contribution in [2.45, 2.75) is 26.3 Å². The van der Waals surface area contributed by atoms with Gasteiger partial charge in [-0.05, 0) is 13.3 Å². The number of nitrogens with zero attached hydrogens (tertiary/aromatic N) is 1. The van der Waals surface area contributed by atoms with E-state index in [0.29, 0.717) is 10.0 Å². The van der Waals surface area contributed by atoms with Crippen molar-refractivity contribution in [1.29, 1.82) is 0 Å². The van der Waals surface area contributed by atoms with E-state index >= 15 is 0 Å². The molecule has 0 fully saturated rings. The van der Waals surface area contributed by atoms with Crippen LogP contribution >= 0.6 is 11.3 Å². The molecular formula is C11H19N5O2S. The largest absolute Gasteiger partial charge is 0.382 e. The molecule has 0 saturated heterocycles. The van der Waals surface area contributed by atoms with E-state index < -0.39 is 11.9 Å². The van der Waals surface area contributed by atoms with Gasteiger partial charge in [0, 0.05) is 13.6 Å². The molecule has 0 bridgehead atoms. The highest BCUT2D eigenvalue weighted by Gasteiger charge is 2.20. The Labute approximate surface area is 116 Å². The quantitative estimate of drug-likeness (QED) is 0.605. The number of carbonyl (C=O) groups is 2. The topological polar surface area (TPSA) is 109 Å². The number of thiazole rings is 1. The first kappa shape index (κ1) is 15.2. The molecule has 19 heavy (non-hydrogen) atoms. The fourth-order valence-corrected chi connectivity index (χ4v) is 2.16. The average molecular weight is 285 g/mol. The third kappa shape index (κ3) is 4.09. The van der Waals surface area contributed by atoms with Gasteiger partial charge in [-0.15, -0.1) is 0 Å². The van der Waals surface area contributed by atoms with E-state index in [1.165, 1.54) is 18.4 Å². The summed E-state index contributed by atoms with van der Waals surface area (Å²) in [6.45, 7) is 4.40. The van der Waals surface area contributed by atoms with E-state index in [1.807, 2.05) is 6.92 Å². The number of anilines is 2. The summed E-state index contributed by atoms with van der Waals surface area (Å²) in [5.74, 6) is -0.485. The Kier molecular flexibility index (Phi) is 5.56. The van der Waals surface area contributed by atoms with Gasteiger partial charge in [-0.25, -0.2) is 4.98 Å². The maximum absolute atomic E-state index is 12.0. The Hall–Kier alpha value is -1.83. The normalized spacial score (nSPS) is 11.7. The predicted molar refractivity (Wildman–Crippen MR) is 76.3 cm³/mol. The van der Waals surface area contributed by atoms with Crippen LogP contribution in [0.5, 0.6) is 0 Å². The molecule has 1 aromatic heterocycles. The fourth-order valence-electron chi connectivity index (χ4n) is 1.35. The minimum Gasteiger partial charge on any atom is -0.382 e. The molecule has 0 aliphatic heterocycles. The van der Waals surface area contributed by atoms with Gasteiger partial charge in [0.2, 0.25) is 5.91 Å². The van der Waals surface area contributed by atoms with Gasteiger partial charge in [-0.2, -0.15) is 0 Å². The van der Waals surface area contributed by atoms with Crippen LogP contribution in [-0.2, 0) is 4.79 Å². The van der Waals surface area contributed by atoms with Gasteiger partial charge in [-0.3, -0.25) is 9.59 Å². The molecular weight excluding hydrogens is 266 g/mol. The number of likely N-dealkylation sites (N-methyl/N-ethyl adjacent to an activating group) is 1. The molecule has 0 saturated carbocycles.